The van der Waals surface area contributed by atoms with E-state index in [0.717, 1.165) is 11.1 Å². The fourth-order valence-electron chi connectivity index (χ4n) is 3.45. The van der Waals surface area contributed by atoms with Crippen molar-refractivity contribution in [2.75, 3.05) is 6.61 Å². The lowest BCUT2D eigenvalue weighted by Gasteiger charge is -2.30. The van der Waals surface area contributed by atoms with Crippen molar-refractivity contribution in [2.24, 2.45) is 0 Å². The molecule has 0 unspecified atom stereocenters. The molecule has 1 aliphatic rings. The van der Waals surface area contributed by atoms with Crippen LogP contribution < -0.4 is 0 Å². The first kappa shape index (κ1) is 16.9. The summed E-state index contributed by atoms with van der Waals surface area (Å²) in [6.07, 6.45) is -1.31. The van der Waals surface area contributed by atoms with Crippen molar-refractivity contribution in [2.45, 2.75) is 37.3 Å². The molecule has 5 nitrogen and oxygen atoms in total. The Bertz CT molecular complexity index is 646. The fraction of sp³-hybridized carbons (Fsp3) is 0.368. The molecule has 0 aliphatic carbocycles. The minimum absolute atomic E-state index is 0.194. The highest BCUT2D eigenvalue weighted by atomic mass is 16.3. The smallest absolute Gasteiger partial charge is 0.115 e. The van der Waals surface area contributed by atoms with Gasteiger partial charge in [-0.3, -0.25) is 4.90 Å². The molecule has 3 rings (SSSR count). The molecule has 1 heterocycles. The third kappa shape index (κ3) is 3.44. The number of hydrogen-bond donors (Lipinski definition) is 4. The van der Waals surface area contributed by atoms with Gasteiger partial charge in [0.2, 0.25) is 0 Å². The number of hydrogen-bond acceptors (Lipinski definition) is 5. The predicted octanol–water partition coefficient (Wildman–Crippen LogP) is 0.902. The summed E-state index contributed by atoms with van der Waals surface area (Å²) >= 11 is 0. The number of phenols is 1. The molecule has 4 atom stereocenters. The van der Waals surface area contributed by atoms with E-state index < -0.39 is 18.2 Å². The molecule has 0 amide bonds. The lowest BCUT2D eigenvalue weighted by molar-refractivity contribution is 0.0178. The highest BCUT2D eigenvalue weighted by Crippen LogP contribution is 2.30. The van der Waals surface area contributed by atoms with Crippen LogP contribution in [0, 0.1) is 0 Å². The maximum absolute atomic E-state index is 10.5. The topological polar surface area (TPSA) is 84.2 Å². The molecule has 0 saturated carbocycles. The van der Waals surface area contributed by atoms with Crippen LogP contribution in [-0.4, -0.2) is 56.2 Å². The first-order valence-corrected chi connectivity index (χ1v) is 8.14. The van der Waals surface area contributed by atoms with Crippen LogP contribution in [0.4, 0.5) is 0 Å². The van der Waals surface area contributed by atoms with Crippen LogP contribution in [0.5, 0.6) is 5.75 Å². The number of benzene rings is 2. The molecular formula is C19H23NO4. The second-order valence-corrected chi connectivity index (χ2v) is 6.33. The lowest BCUT2D eigenvalue weighted by Crippen LogP contribution is -2.41. The van der Waals surface area contributed by atoms with Crippen LogP contribution in [0.25, 0.3) is 0 Å². The van der Waals surface area contributed by atoms with E-state index in [1.54, 1.807) is 24.3 Å². The zero-order chi connectivity index (χ0) is 17.1. The van der Waals surface area contributed by atoms with Crippen molar-refractivity contribution in [3.05, 3.63) is 65.7 Å². The molecule has 2 aromatic carbocycles. The fourth-order valence-corrected chi connectivity index (χ4v) is 3.45. The predicted molar refractivity (Wildman–Crippen MR) is 90.5 cm³/mol. The quantitative estimate of drug-likeness (QED) is 0.655. The zero-order valence-electron chi connectivity index (χ0n) is 13.4. The number of aliphatic hydroxyl groups is 3. The van der Waals surface area contributed by atoms with E-state index in [4.69, 9.17) is 0 Å². The third-order valence-corrected chi connectivity index (χ3v) is 4.77. The van der Waals surface area contributed by atoms with Crippen LogP contribution in [-0.2, 0) is 13.0 Å². The largest absolute Gasteiger partial charge is 0.508 e. The van der Waals surface area contributed by atoms with E-state index in [1.807, 2.05) is 35.2 Å². The summed E-state index contributed by atoms with van der Waals surface area (Å²) in [5, 5.41) is 39.9. The molecule has 1 saturated heterocycles. The van der Waals surface area contributed by atoms with Gasteiger partial charge in [-0.2, -0.15) is 0 Å². The lowest BCUT2D eigenvalue weighted by atomic mass is 10.0. The number of likely N-dealkylation sites (tertiary alicyclic amines) is 1. The molecule has 0 spiro atoms. The van der Waals surface area contributed by atoms with Gasteiger partial charge in [0.1, 0.15) is 5.75 Å². The first-order valence-electron chi connectivity index (χ1n) is 8.14. The van der Waals surface area contributed by atoms with Crippen LogP contribution in [0.1, 0.15) is 11.1 Å². The van der Waals surface area contributed by atoms with E-state index in [-0.39, 0.29) is 18.4 Å². The average Bonchev–Trinajstić information content (AvgIpc) is 2.82. The molecule has 0 radical (unpaired) electrons. The molecule has 2 aromatic rings. The standard InChI is InChI=1S/C19H23NO4/c21-12-17-19(24)18(23)16(10-13-4-2-1-3-5-13)20(17)11-14-6-8-15(22)9-7-14/h1-9,16-19,21-24H,10-12H2/t16-,17+,18-,19+/m0/s1. The van der Waals surface area contributed by atoms with Crippen molar-refractivity contribution < 1.29 is 20.4 Å². The number of rotatable bonds is 5. The van der Waals surface area contributed by atoms with Crippen LogP contribution in [0.2, 0.25) is 0 Å². The van der Waals surface area contributed by atoms with E-state index in [9.17, 15) is 20.4 Å². The normalized spacial score (nSPS) is 27.5. The molecule has 1 aliphatic heterocycles. The molecular weight excluding hydrogens is 306 g/mol. The number of aromatic hydroxyl groups is 1. The second-order valence-electron chi connectivity index (χ2n) is 6.33. The maximum atomic E-state index is 10.5. The number of nitrogens with zero attached hydrogens (tertiary/aromatic N) is 1. The minimum atomic E-state index is -0.985. The van der Waals surface area contributed by atoms with Crippen LogP contribution in [0.15, 0.2) is 54.6 Å². The van der Waals surface area contributed by atoms with E-state index in [0.29, 0.717) is 13.0 Å². The van der Waals surface area contributed by atoms with Crippen molar-refractivity contribution in [1.29, 1.82) is 0 Å². The van der Waals surface area contributed by atoms with Gasteiger partial charge >= 0.3 is 0 Å². The summed E-state index contributed by atoms with van der Waals surface area (Å²) in [5.74, 6) is 0.194. The van der Waals surface area contributed by atoms with E-state index in [2.05, 4.69) is 0 Å². The van der Waals surface area contributed by atoms with Gasteiger partial charge in [0.15, 0.2) is 0 Å². The summed E-state index contributed by atoms with van der Waals surface area (Å²) in [6.45, 7) is 0.263. The van der Waals surface area contributed by atoms with Crippen LogP contribution in [0.3, 0.4) is 0 Å². The number of phenolic OH excluding ortho intramolecular Hbond substituents is 1. The average molecular weight is 329 g/mol. The maximum Gasteiger partial charge on any atom is 0.115 e. The van der Waals surface area contributed by atoms with Crippen LogP contribution >= 0.6 is 0 Å². The summed E-state index contributed by atoms with van der Waals surface area (Å²) in [6, 6.07) is 15.8. The van der Waals surface area contributed by atoms with Gasteiger partial charge < -0.3 is 20.4 Å². The Hall–Kier alpha value is -1.92. The summed E-state index contributed by atoms with van der Waals surface area (Å²) in [5.41, 5.74) is 2.02. The van der Waals surface area contributed by atoms with E-state index >= 15 is 0 Å². The Morgan fingerprint density at radius 3 is 2.04 bits per heavy atom. The minimum Gasteiger partial charge on any atom is -0.508 e. The van der Waals surface area contributed by atoms with Gasteiger partial charge in [0.25, 0.3) is 0 Å². The van der Waals surface area contributed by atoms with Crippen molar-refractivity contribution in [3.8, 4) is 5.75 Å². The summed E-state index contributed by atoms with van der Waals surface area (Å²) in [4.78, 5) is 1.95. The molecule has 128 valence electrons. The molecule has 0 aromatic heterocycles. The third-order valence-electron chi connectivity index (χ3n) is 4.77. The Labute approximate surface area is 141 Å². The SMILES string of the molecule is OC[C@@H]1[C@@H](O)[C@@H](O)[C@H](Cc2ccccc2)N1Cc1ccc(O)cc1. The summed E-state index contributed by atoms with van der Waals surface area (Å²) < 4.78 is 0. The van der Waals surface area contributed by atoms with Gasteiger partial charge in [-0.1, -0.05) is 42.5 Å². The molecule has 0 bridgehead atoms. The van der Waals surface area contributed by atoms with Gasteiger partial charge in [0.05, 0.1) is 24.9 Å². The van der Waals surface area contributed by atoms with Gasteiger partial charge in [-0.25, -0.2) is 0 Å². The van der Waals surface area contributed by atoms with Gasteiger partial charge in [-0.15, -0.1) is 0 Å². The Morgan fingerprint density at radius 1 is 0.792 bits per heavy atom. The van der Waals surface area contributed by atoms with E-state index in [1.165, 1.54) is 0 Å². The zero-order valence-corrected chi connectivity index (χ0v) is 13.4. The molecule has 24 heavy (non-hydrogen) atoms. The molecule has 5 heteroatoms. The van der Waals surface area contributed by atoms with Crippen molar-refractivity contribution in [3.63, 3.8) is 0 Å². The Balaban J connectivity index is 1.84. The van der Waals surface area contributed by atoms with Gasteiger partial charge in [0, 0.05) is 12.6 Å². The second kappa shape index (κ2) is 7.32. The Morgan fingerprint density at radius 2 is 1.42 bits per heavy atom. The highest BCUT2D eigenvalue weighted by molar-refractivity contribution is 5.26. The monoisotopic (exact) mass is 329 g/mol. The summed E-state index contributed by atoms with van der Waals surface area (Å²) in [7, 11) is 0. The highest BCUT2D eigenvalue weighted by Gasteiger charge is 2.46. The van der Waals surface area contributed by atoms with Crippen molar-refractivity contribution >= 4 is 0 Å². The van der Waals surface area contributed by atoms with Crippen molar-refractivity contribution in [1.82, 2.24) is 4.90 Å². The number of aliphatic hydroxyl groups excluding tert-OH is 3. The first-order chi connectivity index (χ1) is 11.6. The molecule has 4 N–H and O–H groups in total. The Kier molecular flexibility index (Phi) is 5.16. The van der Waals surface area contributed by atoms with Gasteiger partial charge in [-0.05, 0) is 29.7 Å². The molecule has 1 fully saturated rings.